The van der Waals surface area contributed by atoms with Crippen molar-refractivity contribution in [2.45, 2.75) is 38.5 Å². The van der Waals surface area contributed by atoms with Gasteiger partial charge in [0, 0.05) is 19.8 Å². The molecule has 4 aromatic rings. The van der Waals surface area contributed by atoms with Crippen LogP contribution in [0.25, 0.3) is 33.0 Å². The monoisotopic (exact) mass is 516 g/mol. The summed E-state index contributed by atoms with van der Waals surface area (Å²) >= 11 is 7.37. The predicted molar refractivity (Wildman–Crippen MR) is 134 cm³/mol. The molecule has 0 aliphatic heterocycles. The quantitative estimate of drug-likeness (QED) is 0.218. The van der Waals surface area contributed by atoms with Crippen molar-refractivity contribution in [2.24, 2.45) is 0 Å². The maximum Gasteiger partial charge on any atom is 0.0178 e. The lowest BCUT2D eigenvalue weighted by molar-refractivity contribution is 0.659. The van der Waals surface area contributed by atoms with Crippen LogP contribution < -0.4 is 0 Å². The summed E-state index contributed by atoms with van der Waals surface area (Å²) in [5, 5.41) is 2.74. The van der Waals surface area contributed by atoms with Crippen LogP contribution >= 0.6 is 31.9 Å². The molecule has 0 spiro atoms. The second-order valence-electron chi connectivity index (χ2n) is 9.70. The van der Waals surface area contributed by atoms with Gasteiger partial charge >= 0.3 is 0 Å². The molecular formula is C28H22Br2. The molecule has 0 unspecified atom stereocenters. The van der Waals surface area contributed by atoms with Gasteiger partial charge in [0.2, 0.25) is 0 Å². The van der Waals surface area contributed by atoms with Crippen LogP contribution in [-0.2, 0) is 10.8 Å². The highest BCUT2D eigenvalue weighted by Gasteiger charge is 2.39. The van der Waals surface area contributed by atoms with Crippen molar-refractivity contribution in [1.29, 1.82) is 0 Å². The van der Waals surface area contributed by atoms with E-state index < -0.39 is 0 Å². The Morgan fingerprint density at radius 1 is 0.500 bits per heavy atom. The van der Waals surface area contributed by atoms with Crippen molar-refractivity contribution >= 4 is 42.6 Å². The molecule has 0 N–H and O–H groups in total. The van der Waals surface area contributed by atoms with E-state index in [9.17, 15) is 0 Å². The molecule has 0 fully saturated rings. The van der Waals surface area contributed by atoms with Crippen molar-refractivity contribution in [3.63, 3.8) is 0 Å². The number of hydrogen-bond acceptors (Lipinski definition) is 0. The molecule has 2 aliphatic rings. The molecule has 2 heteroatoms. The first-order chi connectivity index (χ1) is 14.2. The zero-order valence-corrected chi connectivity index (χ0v) is 20.7. The topological polar surface area (TPSA) is 0 Å². The highest BCUT2D eigenvalue weighted by Crippen LogP contribution is 2.56. The lowest BCUT2D eigenvalue weighted by Gasteiger charge is -2.23. The van der Waals surface area contributed by atoms with E-state index in [1.807, 2.05) is 0 Å². The van der Waals surface area contributed by atoms with Crippen LogP contribution in [0.1, 0.15) is 49.9 Å². The molecule has 148 valence electrons. The zero-order valence-electron chi connectivity index (χ0n) is 17.5. The predicted octanol–water partition coefficient (Wildman–Crippen LogP) is 8.98. The number of fused-ring (bicyclic) bond motifs is 9. The van der Waals surface area contributed by atoms with Crippen molar-refractivity contribution in [3.05, 3.63) is 91.9 Å². The largest absolute Gasteiger partial charge is 0.0569 e. The maximum atomic E-state index is 3.68. The van der Waals surface area contributed by atoms with E-state index >= 15 is 0 Å². The number of halogens is 2. The molecular weight excluding hydrogens is 496 g/mol. The van der Waals surface area contributed by atoms with Gasteiger partial charge in [-0.25, -0.2) is 0 Å². The van der Waals surface area contributed by atoms with Gasteiger partial charge in [-0.1, -0.05) is 96.0 Å². The smallest absolute Gasteiger partial charge is 0.0178 e. The minimum atomic E-state index is 0.00366. The van der Waals surface area contributed by atoms with E-state index in [0.29, 0.717) is 0 Å². The molecule has 0 atom stereocenters. The fourth-order valence-corrected chi connectivity index (χ4v) is 6.54. The van der Waals surface area contributed by atoms with Gasteiger partial charge in [-0.15, -0.1) is 0 Å². The van der Waals surface area contributed by atoms with E-state index in [1.54, 1.807) is 0 Å². The second kappa shape index (κ2) is 5.87. The molecule has 0 saturated carbocycles. The van der Waals surface area contributed by atoms with E-state index in [4.69, 9.17) is 0 Å². The summed E-state index contributed by atoms with van der Waals surface area (Å²) in [6, 6.07) is 23.0. The van der Waals surface area contributed by atoms with Crippen LogP contribution in [0.15, 0.2) is 69.6 Å². The van der Waals surface area contributed by atoms with E-state index in [1.165, 1.54) is 55.3 Å². The summed E-state index contributed by atoms with van der Waals surface area (Å²) in [4.78, 5) is 0. The molecule has 0 radical (unpaired) electrons. The van der Waals surface area contributed by atoms with Crippen LogP contribution in [0.2, 0.25) is 0 Å². The third-order valence-corrected chi connectivity index (χ3v) is 8.38. The Kier molecular flexibility index (Phi) is 3.68. The Morgan fingerprint density at radius 3 is 1.30 bits per heavy atom. The molecule has 0 nitrogen and oxygen atoms in total. The van der Waals surface area contributed by atoms with Crippen LogP contribution in [0.3, 0.4) is 0 Å². The minimum Gasteiger partial charge on any atom is -0.0569 e. The lowest BCUT2D eigenvalue weighted by atomic mass is 9.80. The summed E-state index contributed by atoms with van der Waals surface area (Å²) in [7, 11) is 0. The van der Waals surface area contributed by atoms with Crippen LogP contribution in [0.4, 0.5) is 0 Å². The van der Waals surface area contributed by atoms with Crippen molar-refractivity contribution < 1.29 is 0 Å². The van der Waals surface area contributed by atoms with Gasteiger partial charge in [-0.3, -0.25) is 0 Å². The third kappa shape index (κ3) is 2.22. The van der Waals surface area contributed by atoms with Crippen molar-refractivity contribution in [3.8, 4) is 22.3 Å². The highest BCUT2D eigenvalue weighted by atomic mass is 79.9. The van der Waals surface area contributed by atoms with Crippen LogP contribution in [0.5, 0.6) is 0 Å². The molecule has 4 aromatic carbocycles. The molecule has 2 aliphatic carbocycles. The SMILES string of the molecule is CC1(C)c2cc(Br)ccc2-c2c1ccc1c3c(ccc21)C(C)(C)c1cc(Br)ccc1-3. The van der Waals surface area contributed by atoms with Gasteiger partial charge in [0.1, 0.15) is 0 Å². The molecule has 0 heterocycles. The summed E-state index contributed by atoms with van der Waals surface area (Å²) in [6.07, 6.45) is 0. The summed E-state index contributed by atoms with van der Waals surface area (Å²) in [5.41, 5.74) is 11.2. The van der Waals surface area contributed by atoms with Crippen LogP contribution in [-0.4, -0.2) is 0 Å². The molecule has 0 aromatic heterocycles. The standard InChI is InChI=1S/C28H22Br2/c1-27(2)21-11-9-18-17(25(21)19-7-5-15(29)13-23(19)27)10-12-22-26(18)20-8-6-16(30)14-24(20)28(22,3)4/h5-14H,1-4H3. The lowest BCUT2D eigenvalue weighted by Crippen LogP contribution is -2.15. The average Bonchev–Trinajstić information content (AvgIpc) is 3.07. The number of benzene rings is 4. The Balaban J connectivity index is 1.75. The van der Waals surface area contributed by atoms with E-state index in [-0.39, 0.29) is 10.8 Å². The van der Waals surface area contributed by atoms with E-state index in [2.05, 4.69) is 120 Å². The van der Waals surface area contributed by atoms with Gasteiger partial charge < -0.3 is 0 Å². The summed E-state index contributed by atoms with van der Waals surface area (Å²) in [6.45, 7) is 9.39. The summed E-state index contributed by atoms with van der Waals surface area (Å²) in [5.74, 6) is 0. The molecule has 0 bridgehead atoms. The summed E-state index contributed by atoms with van der Waals surface area (Å²) < 4.78 is 2.29. The Hall–Kier alpha value is -1.90. The zero-order chi connectivity index (χ0) is 21.0. The van der Waals surface area contributed by atoms with Gasteiger partial charge in [0.25, 0.3) is 0 Å². The molecule has 0 saturated heterocycles. The van der Waals surface area contributed by atoms with Gasteiger partial charge in [-0.05, 0) is 79.5 Å². The fraction of sp³-hybridized carbons (Fsp3) is 0.214. The third-order valence-electron chi connectivity index (χ3n) is 7.40. The normalized spacial score (nSPS) is 16.9. The average molecular weight is 518 g/mol. The molecule has 30 heavy (non-hydrogen) atoms. The van der Waals surface area contributed by atoms with Gasteiger partial charge in [0.05, 0.1) is 0 Å². The van der Waals surface area contributed by atoms with Crippen LogP contribution in [0, 0.1) is 0 Å². The Morgan fingerprint density at radius 2 is 0.900 bits per heavy atom. The van der Waals surface area contributed by atoms with Crippen molar-refractivity contribution in [1.82, 2.24) is 0 Å². The first-order valence-electron chi connectivity index (χ1n) is 10.4. The fourth-order valence-electron chi connectivity index (χ4n) is 5.82. The van der Waals surface area contributed by atoms with Gasteiger partial charge in [-0.2, -0.15) is 0 Å². The highest BCUT2D eigenvalue weighted by molar-refractivity contribution is 9.10. The Bertz CT molecular complexity index is 1300. The second-order valence-corrected chi connectivity index (χ2v) is 11.5. The maximum absolute atomic E-state index is 3.68. The molecule has 0 amide bonds. The minimum absolute atomic E-state index is 0.00366. The number of rotatable bonds is 0. The molecule has 6 rings (SSSR count). The van der Waals surface area contributed by atoms with E-state index in [0.717, 1.165) is 8.95 Å². The van der Waals surface area contributed by atoms with Gasteiger partial charge in [0.15, 0.2) is 0 Å². The first-order valence-corrected chi connectivity index (χ1v) is 12.0. The number of hydrogen-bond donors (Lipinski definition) is 0. The van der Waals surface area contributed by atoms with Crippen molar-refractivity contribution in [2.75, 3.05) is 0 Å². The Labute approximate surface area is 194 Å². The first kappa shape index (κ1) is 18.8.